The fraction of sp³-hybridized carbons (Fsp3) is 0.600. The van der Waals surface area contributed by atoms with Crippen LogP contribution >= 0.6 is 11.3 Å². The van der Waals surface area contributed by atoms with Crippen LogP contribution in [0.3, 0.4) is 0 Å². The standard InChI is InChI=1S/C10H17N3OS/c1-7-13-8(6-15-7)5-12-9(14)4-10(2,3)11/h6H,4-5,11H2,1-3H3,(H,12,14). The molecule has 0 aliphatic heterocycles. The van der Waals surface area contributed by atoms with Gasteiger partial charge in [0.15, 0.2) is 0 Å². The molecule has 1 amide bonds. The van der Waals surface area contributed by atoms with Crippen molar-refractivity contribution in [3.63, 3.8) is 0 Å². The highest BCUT2D eigenvalue weighted by Crippen LogP contribution is 2.08. The van der Waals surface area contributed by atoms with Crippen molar-refractivity contribution in [1.29, 1.82) is 0 Å². The highest BCUT2D eigenvalue weighted by molar-refractivity contribution is 7.09. The van der Waals surface area contributed by atoms with Gasteiger partial charge in [-0.3, -0.25) is 4.79 Å². The van der Waals surface area contributed by atoms with E-state index >= 15 is 0 Å². The molecule has 0 unspecified atom stereocenters. The zero-order valence-electron chi connectivity index (χ0n) is 9.33. The topological polar surface area (TPSA) is 68.0 Å². The first kappa shape index (κ1) is 12.1. The van der Waals surface area contributed by atoms with Crippen molar-refractivity contribution in [2.75, 3.05) is 0 Å². The van der Waals surface area contributed by atoms with Gasteiger partial charge in [-0.15, -0.1) is 11.3 Å². The van der Waals surface area contributed by atoms with Crippen LogP contribution in [0.1, 0.15) is 31.0 Å². The van der Waals surface area contributed by atoms with Crippen molar-refractivity contribution in [2.24, 2.45) is 5.73 Å². The summed E-state index contributed by atoms with van der Waals surface area (Å²) in [5.41, 5.74) is 6.18. The highest BCUT2D eigenvalue weighted by Gasteiger charge is 2.15. The monoisotopic (exact) mass is 227 g/mol. The molecule has 0 atom stereocenters. The fourth-order valence-electron chi connectivity index (χ4n) is 1.15. The Morgan fingerprint density at radius 2 is 2.33 bits per heavy atom. The predicted octanol–water partition coefficient (Wildman–Crippen LogP) is 1.20. The molecule has 0 saturated heterocycles. The first-order valence-corrected chi connectivity index (χ1v) is 5.71. The van der Waals surface area contributed by atoms with Gasteiger partial charge in [-0.25, -0.2) is 4.98 Å². The van der Waals surface area contributed by atoms with Crippen molar-refractivity contribution in [2.45, 2.75) is 39.3 Å². The smallest absolute Gasteiger partial charge is 0.222 e. The number of hydrogen-bond donors (Lipinski definition) is 2. The highest BCUT2D eigenvalue weighted by atomic mass is 32.1. The van der Waals surface area contributed by atoms with Crippen LogP contribution in [0.4, 0.5) is 0 Å². The van der Waals surface area contributed by atoms with Crippen LogP contribution in [0.25, 0.3) is 0 Å². The summed E-state index contributed by atoms with van der Waals surface area (Å²) in [6, 6.07) is 0. The third kappa shape index (κ3) is 4.90. The van der Waals surface area contributed by atoms with E-state index in [4.69, 9.17) is 5.73 Å². The lowest BCUT2D eigenvalue weighted by Gasteiger charge is -2.17. The number of carbonyl (C=O) groups is 1. The second-order valence-corrected chi connectivity index (χ2v) is 5.36. The number of rotatable bonds is 4. The Bertz CT molecular complexity index is 341. The molecule has 0 aliphatic rings. The SMILES string of the molecule is Cc1nc(CNC(=O)CC(C)(C)N)cs1. The molecule has 0 aromatic carbocycles. The van der Waals surface area contributed by atoms with Gasteiger partial charge in [-0.2, -0.15) is 0 Å². The van der Waals surface area contributed by atoms with Crippen LogP contribution < -0.4 is 11.1 Å². The maximum absolute atomic E-state index is 11.4. The van der Waals surface area contributed by atoms with Gasteiger partial charge in [-0.05, 0) is 20.8 Å². The summed E-state index contributed by atoms with van der Waals surface area (Å²) in [5, 5.41) is 5.75. The van der Waals surface area contributed by atoms with E-state index in [9.17, 15) is 4.79 Å². The molecule has 1 heterocycles. The number of aromatic nitrogens is 1. The summed E-state index contributed by atoms with van der Waals surface area (Å²) in [7, 11) is 0. The van der Waals surface area contributed by atoms with Gasteiger partial charge in [0.1, 0.15) is 0 Å². The number of hydrogen-bond acceptors (Lipinski definition) is 4. The summed E-state index contributed by atoms with van der Waals surface area (Å²) in [4.78, 5) is 15.7. The maximum atomic E-state index is 11.4. The number of nitrogens with zero attached hydrogens (tertiary/aromatic N) is 1. The molecule has 0 spiro atoms. The van der Waals surface area contributed by atoms with E-state index in [2.05, 4.69) is 10.3 Å². The number of carbonyl (C=O) groups excluding carboxylic acids is 1. The van der Waals surface area contributed by atoms with Crippen LogP contribution in [0.2, 0.25) is 0 Å². The average Bonchev–Trinajstić information content (AvgIpc) is 2.45. The first-order chi connectivity index (χ1) is 6.87. The third-order valence-electron chi connectivity index (χ3n) is 1.75. The summed E-state index contributed by atoms with van der Waals surface area (Å²) in [6.45, 7) is 6.09. The summed E-state index contributed by atoms with van der Waals surface area (Å²) < 4.78 is 0. The minimum atomic E-state index is -0.456. The number of aryl methyl sites for hydroxylation is 1. The maximum Gasteiger partial charge on any atom is 0.222 e. The molecule has 0 aliphatic carbocycles. The van der Waals surface area contributed by atoms with Gasteiger partial charge in [0.2, 0.25) is 5.91 Å². The third-order valence-corrected chi connectivity index (χ3v) is 2.57. The van der Waals surface area contributed by atoms with E-state index in [1.54, 1.807) is 11.3 Å². The molecule has 1 aromatic rings. The molecule has 15 heavy (non-hydrogen) atoms. The Morgan fingerprint density at radius 3 is 2.80 bits per heavy atom. The van der Waals surface area contributed by atoms with E-state index in [0.29, 0.717) is 13.0 Å². The molecule has 0 bridgehead atoms. The molecule has 84 valence electrons. The van der Waals surface area contributed by atoms with Gasteiger partial charge >= 0.3 is 0 Å². The minimum absolute atomic E-state index is 0.0341. The summed E-state index contributed by atoms with van der Waals surface area (Å²) in [5.74, 6) is -0.0341. The molecule has 0 radical (unpaired) electrons. The zero-order valence-corrected chi connectivity index (χ0v) is 10.1. The van der Waals surface area contributed by atoms with Crippen molar-refractivity contribution >= 4 is 17.2 Å². The van der Waals surface area contributed by atoms with E-state index < -0.39 is 5.54 Å². The largest absolute Gasteiger partial charge is 0.350 e. The number of nitrogens with two attached hydrogens (primary N) is 1. The Morgan fingerprint density at radius 1 is 1.67 bits per heavy atom. The van der Waals surface area contributed by atoms with E-state index in [1.807, 2.05) is 26.2 Å². The Balaban J connectivity index is 2.35. The van der Waals surface area contributed by atoms with Gasteiger partial charge in [0.05, 0.1) is 17.2 Å². The summed E-state index contributed by atoms with van der Waals surface area (Å²) in [6.07, 6.45) is 0.329. The molecule has 0 saturated carbocycles. The van der Waals surface area contributed by atoms with Crippen molar-refractivity contribution in [1.82, 2.24) is 10.3 Å². The van der Waals surface area contributed by atoms with Gasteiger partial charge < -0.3 is 11.1 Å². The lowest BCUT2D eigenvalue weighted by molar-refractivity contribution is -0.122. The summed E-state index contributed by atoms with van der Waals surface area (Å²) >= 11 is 1.58. The normalized spacial score (nSPS) is 11.5. The lowest BCUT2D eigenvalue weighted by atomic mass is 10.0. The quantitative estimate of drug-likeness (QED) is 0.812. The lowest BCUT2D eigenvalue weighted by Crippen LogP contribution is -2.38. The zero-order chi connectivity index (χ0) is 11.5. The molecule has 1 aromatic heterocycles. The van der Waals surface area contributed by atoms with Crippen molar-refractivity contribution < 1.29 is 4.79 Å². The van der Waals surface area contributed by atoms with Gasteiger partial charge in [0, 0.05) is 17.3 Å². The van der Waals surface area contributed by atoms with Crippen LogP contribution in [0, 0.1) is 6.92 Å². The second-order valence-electron chi connectivity index (χ2n) is 4.30. The molecular weight excluding hydrogens is 210 g/mol. The van der Waals surface area contributed by atoms with Gasteiger partial charge in [0.25, 0.3) is 0 Å². The Labute approximate surface area is 93.9 Å². The van der Waals surface area contributed by atoms with Crippen LogP contribution in [-0.2, 0) is 11.3 Å². The molecular formula is C10H17N3OS. The molecule has 3 N–H and O–H groups in total. The van der Waals surface area contributed by atoms with Crippen LogP contribution in [0.15, 0.2) is 5.38 Å². The van der Waals surface area contributed by atoms with Crippen molar-refractivity contribution in [3.8, 4) is 0 Å². The predicted molar refractivity (Wildman–Crippen MR) is 61.6 cm³/mol. The molecule has 4 nitrogen and oxygen atoms in total. The fourth-order valence-corrected chi connectivity index (χ4v) is 1.77. The van der Waals surface area contributed by atoms with E-state index in [1.165, 1.54) is 0 Å². The van der Waals surface area contributed by atoms with Crippen molar-refractivity contribution in [3.05, 3.63) is 16.1 Å². The van der Waals surface area contributed by atoms with Crippen LogP contribution in [-0.4, -0.2) is 16.4 Å². The van der Waals surface area contributed by atoms with Crippen LogP contribution in [0.5, 0.6) is 0 Å². The van der Waals surface area contributed by atoms with E-state index in [0.717, 1.165) is 10.7 Å². The Hall–Kier alpha value is -0.940. The number of nitrogens with one attached hydrogen (secondary N) is 1. The molecule has 0 fully saturated rings. The number of thiazole rings is 1. The number of amides is 1. The first-order valence-electron chi connectivity index (χ1n) is 4.83. The average molecular weight is 227 g/mol. The minimum Gasteiger partial charge on any atom is -0.350 e. The second kappa shape index (κ2) is 4.72. The Kier molecular flexibility index (Phi) is 3.82. The molecule has 5 heteroatoms. The molecule has 1 rings (SSSR count). The van der Waals surface area contributed by atoms with Gasteiger partial charge in [-0.1, -0.05) is 0 Å². The van der Waals surface area contributed by atoms with E-state index in [-0.39, 0.29) is 5.91 Å².